The van der Waals surface area contributed by atoms with Gasteiger partial charge in [0.25, 0.3) is 0 Å². The smallest absolute Gasteiger partial charge is 0.303 e. The number of carbonyl (C=O) groups is 1. The molecular weight excluding hydrogens is 190 g/mol. The van der Waals surface area contributed by atoms with Gasteiger partial charge in [-0.05, 0) is 52.1 Å². The van der Waals surface area contributed by atoms with Crippen LogP contribution in [0.4, 0.5) is 0 Å². The Morgan fingerprint density at radius 3 is 2.73 bits per heavy atom. The van der Waals surface area contributed by atoms with E-state index < -0.39 is 5.97 Å². The first-order chi connectivity index (χ1) is 6.98. The van der Waals surface area contributed by atoms with Crippen molar-refractivity contribution in [1.82, 2.24) is 4.90 Å². The standard InChI is InChI=1S/C12H23NO2/c1-4-7-13-8-5-6-10(9-11(14)15)12(13,2)3/h10H,4-9H2,1-3H3,(H,14,15). The van der Waals surface area contributed by atoms with Crippen LogP contribution in [0.15, 0.2) is 0 Å². The van der Waals surface area contributed by atoms with E-state index in [0.717, 1.165) is 32.4 Å². The molecule has 0 aromatic heterocycles. The number of likely N-dealkylation sites (tertiary alicyclic amines) is 1. The molecular formula is C12H23NO2. The number of carboxylic acid groups (broad SMARTS) is 1. The lowest BCUT2D eigenvalue weighted by Crippen LogP contribution is -2.53. The van der Waals surface area contributed by atoms with Crippen molar-refractivity contribution < 1.29 is 9.90 Å². The van der Waals surface area contributed by atoms with Gasteiger partial charge in [0, 0.05) is 12.0 Å². The number of aliphatic carboxylic acids is 1. The maximum absolute atomic E-state index is 10.8. The van der Waals surface area contributed by atoms with Crippen LogP contribution in [0, 0.1) is 5.92 Å². The first-order valence-corrected chi connectivity index (χ1v) is 5.95. The van der Waals surface area contributed by atoms with Crippen LogP contribution in [0.25, 0.3) is 0 Å². The van der Waals surface area contributed by atoms with E-state index in [1.165, 1.54) is 0 Å². The lowest BCUT2D eigenvalue weighted by Gasteiger charge is -2.48. The summed E-state index contributed by atoms with van der Waals surface area (Å²) in [6.07, 6.45) is 3.65. The molecule has 0 saturated carbocycles. The second-order valence-electron chi connectivity index (χ2n) is 5.08. The second kappa shape index (κ2) is 4.97. The molecule has 1 unspecified atom stereocenters. The van der Waals surface area contributed by atoms with Crippen molar-refractivity contribution in [3.8, 4) is 0 Å². The fourth-order valence-corrected chi connectivity index (χ4v) is 2.66. The van der Waals surface area contributed by atoms with Gasteiger partial charge in [-0.1, -0.05) is 6.92 Å². The topological polar surface area (TPSA) is 40.5 Å². The van der Waals surface area contributed by atoms with Crippen LogP contribution >= 0.6 is 0 Å². The monoisotopic (exact) mass is 213 g/mol. The van der Waals surface area contributed by atoms with Crippen molar-refractivity contribution in [2.75, 3.05) is 13.1 Å². The summed E-state index contributed by atoms with van der Waals surface area (Å²) in [5, 5.41) is 8.90. The third kappa shape index (κ3) is 2.94. The highest BCUT2D eigenvalue weighted by molar-refractivity contribution is 5.67. The van der Waals surface area contributed by atoms with E-state index in [4.69, 9.17) is 5.11 Å². The largest absolute Gasteiger partial charge is 0.481 e. The predicted molar refractivity (Wildman–Crippen MR) is 60.9 cm³/mol. The Kier molecular flexibility index (Phi) is 4.14. The van der Waals surface area contributed by atoms with Crippen molar-refractivity contribution in [3.05, 3.63) is 0 Å². The van der Waals surface area contributed by atoms with Crippen LogP contribution in [-0.2, 0) is 4.79 Å². The molecule has 3 heteroatoms. The molecule has 1 fully saturated rings. The fraction of sp³-hybridized carbons (Fsp3) is 0.917. The minimum Gasteiger partial charge on any atom is -0.481 e. The second-order valence-corrected chi connectivity index (χ2v) is 5.08. The van der Waals surface area contributed by atoms with Crippen LogP contribution in [-0.4, -0.2) is 34.6 Å². The molecule has 1 aliphatic rings. The highest BCUT2D eigenvalue weighted by atomic mass is 16.4. The van der Waals surface area contributed by atoms with Gasteiger partial charge in [0.15, 0.2) is 0 Å². The fourth-order valence-electron chi connectivity index (χ4n) is 2.66. The van der Waals surface area contributed by atoms with Gasteiger partial charge in [-0.25, -0.2) is 0 Å². The van der Waals surface area contributed by atoms with Gasteiger partial charge in [-0.15, -0.1) is 0 Å². The third-order valence-electron chi connectivity index (χ3n) is 3.71. The van der Waals surface area contributed by atoms with Crippen molar-refractivity contribution in [2.45, 2.75) is 52.0 Å². The maximum Gasteiger partial charge on any atom is 0.303 e. The minimum absolute atomic E-state index is 0.0483. The summed E-state index contributed by atoms with van der Waals surface area (Å²) < 4.78 is 0. The van der Waals surface area contributed by atoms with Gasteiger partial charge < -0.3 is 5.11 Å². The lowest BCUT2D eigenvalue weighted by molar-refractivity contribution is -0.140. The minimum atomic E-state index is -0.661. The van der Waals surface area contributed by atoms with Crippen molar-refractivity contribution in [3.63, 3.8) is 0 Å². The molecule has 0 aromatic rings. The van der Waals surface area contributed by atoms with E-state index in [9.17, 15) is 4.79 Å². The number of rotatable bonds is 4. The lowest BCUT2D eigenvalue weighted by atomic mass is 9.77. The van der Waals surface area contributed by atoms with E-state index in [-0.39, 0.29) is 5.54 Å². The highest BCUT2D eigenvalue weighted by Crippen LogP contribution is 2.35. The first-order valence-electron chi connectivity index (χ1n) is 5.95. The molecule has 0 spiro atoms. The molecule has 1 heterocycles. The normalized spacial score (nSPS) is 26.5. The molecule has 0 radical (unpaired) electrons. The quantitative estimate of drug-likeness (QED) is 0.779. The molecule has 0 amide bonds. The number of carboxylic acids is 1. The van der Waals surface area contributed by atoms with Crippen molar-refractivity contribution in [2.24, 2.45) is 5.92 Å². The van der Waals surface area contributed by atoms with E-state index in [0.29, 0.717) is 12.3 Å². The van der Waals surface area contributed by atoms with Gasteiger partial charge in [0.2, 0.25) is 0 Å². The van der Waals surface area contributed by atoms with Gasteiger partial charge in [0.05, 0.1) is 0 Å². The van der Waals surface area contributed by atoms with Gasteiger partial charge in [-0.2, -0.15) is 0 Å². The summed E-state index contributed by atoms with van der Waals surface area (Å²) in [6, 6.07) is 0. The number of hydrogen-bond donors (Lipinski definition) is 1. The van der Waals surface area contributed by atoms with Crippen LogP contribution in [0.3, 0.4) is 0 Å². The van der Waals surface area contributed by atoms with Gasteiger partial charge in [-0.3, -0.25) is 9.69 Å². The zero-order chi connectivity index (χ0) is 11.5. The Labute approximate surface area is 92.5 Å². The predicted octanol–water partition coefficient (Wildman–Crippen LogP) is 2.36. The van der Waals surface area contributed by atoms with E-state index in [2.05, 4.69) is 25.7 Å². The molecule has 1 rings (SSSR count). The van der Waals surface area contributed by atoms with Crippen LogP contribution in [0.5, 0.6) is 0 Å². The Hall–Kier alpha value is -0.570. The Bertz CT molecular complexity index is 224. The van der Waals surface area contributed by atoms with Gasteiger partial charge in [0.1, 0.15) is 0 Å². The SMILES string of the molecule is CCCN1CCCC(CC(=O)O)C1(C)C. The number of piperidine rings is 1. The molecule has 1 atom stereocenters. The molecule has 1 saturated heterocycles. The van der Waals surface area contributed by atoms with Crippen molar-refractivity contribution >= 4 is 5.97 Å². The molecule has 0 aliphatic carbocycles. The molecule has 1 aliphatic heterocycles. The summed E-state index contributed by atoms with van der Waals surface area (Å²) in [7, 11) is 0. The molecule has 3 nitrogen and oxygen atoms in total. The molecule has 15 heavy (non-hydrogen) atoms. The van der Waals surface area contributed by atoms with Crippen LogP contribution in [0.2, 0.25) is 0 Å². The zero-order valence-electron chi connectivity index (χ0n) is 10.1. The van der Waals surface area contributed by atoms with Crippen LogP contribution in [0.1, 0.15) is 46.5 Å². The Morgan fingerprint density at radius 2 is 2.20 bits per heavy atom. The highest BCUT2D eigenvalue weighted by Gasteiger charge is 2.38. The van der Waals surface area contributed by atoms with E-state index >= 15 is 0 Å². The Morgan fingerprint density at radius 1 is 1.53 bits per heavy atom. The first kappa shape index (κ1) is 12.5. The molecule has 0 aromatic carbocycles. The molecule has 88 valence electrons. The summed E-state index contributed by atoms with van der Waals surface area (Å²) in [5.74, 6) is -0.360. The zero-order valence-corrected chi connectivity index (χ0v) is 10.1. The number of nitrogens with zero attached hydrogens (tertiary/aromatic N) is 1. The summed E-state index contributed by atoms with van der Waals surface area (Å²) in [4.78, 5) is 13.2. The average Bonchev–Trinajstić information content (AvgIpc) is 2.12. The van der Waals surface area contributed by atoms with Crippen LogP contribution < -0.4 is 0 Å². The maximum atomic E-state index is 10.8. The van der Waals surface area contributed by atoms with Gasteiger partial charge >= 0.3 is 5.97 Å². The van der Waals surface area contributed by atoms with E-state index in [1.54, 1.807) is 0 Å². The third-order valence-corrected chi connectivity index (χ3v) is 3.71. The number of hydrogen-bond acceptors (Lipinski definition) is 2. The average molecular weight is 213 g/mol. The molecule has 1 N–H and O–H groups in total. The molecule has 0 bridgehead atoms. The Balaban J connectivity index is 2.67. The van der Waals surface area contributed by atoms with E-state index in [1.807, 2.05) is 0 Å². The van der Waals surface area contributed by atoms with Crippen molar-refractivity contribution in [1.29, 1.82) is 0 Å². The summed E-state index contributed by atoms with van der Waals surface area (Å²) in [6.45, 7) is 8.77. The summed E-state index contributed by atoms with van der Waals surface area (Å²) >= 11 is 0. The summed E-state index contributed by atoms with van der Waals surface area (Å²) in [5.41, 5.74) is 0.0483.